The maximum Gasteiger partial charge on any atom is 0.133 e. The van der Waals surface area contributed by atoms with Crippen LogP contribution in [-0.4, -0.2) is 54.3 Å². The van der Waals surface area contributed by atoms with E-state index in [4.69, 9.17) is 16.7 Å². The van der Waals surface area contributed by atoms with Crippen LogP contribution in [0, 0.1) is 0 Å². The van der Waals surface area contributed by atoms with Gasteiger partial charge in [-0.15, -0.1) is 11.6 Å². The van der Waals surface area contributed by atoms with Gasteiger partial charge in [0.1, 0.15) is 5.82 Å². The Bertz CT molecular complexity index is 353. The van der Waals surface area contributed by atoms with E-state index in [0.717, 1.165) is 44.1 Å². The highest BCUT2D eigenvalue weighted by atomic mass is 35.5. The first-order valence-electron chi connectivity index (χ1n) is 5.93. The van der Waals surface area contributed by atoms with Gasteiger partial charge in [0.25, 0.3) is 0 Å². The number of rotatable bonds is 4. The zero-order valence-corrected chi connectivity index (χ0v) is 10.6. The summed E-state index contributed by atoms with van der Waals surface area (Å²) in [7, 11) is 0. The van der Waals surface area contributed by atoms with Gasteiger partial charge in [-0.05, 0) is 6.07 Å². The molecular weight excluding hydrogens is 238 g/mol. The van der Waals surface area contributed by atoms with Crippen molar-refractivity contribution in [2.45, 2.75) is 5.88 Å². The zero-order valence-electron chi connectivity index (χ0n) is 9.85. The van der Waals surface area contributed by atoms with Crippen LogP contribution in [0.2, 0.25) is 0 Å². The Hall–Kier alpha value is -0.840. The molecule has 17 heavy (non-hydrogen) atoms. The van der Waals surface area contributed by atoms with Crippen LogP contribution in [0.25, 0.3) is 0 Å². The molecule has 0 bridgehead atoms. The lowest BCUT2D eigenvalue weighted by Crippen LogP contribution is -2.47. The number of alkyl halides is 1. The molecule has 2 heterocycles. The van der Waals surface area contributed by atoms with E-state index in [2.05, 4.69) is 14.8 Å². The van der Waals surface area contributed by atoms with Gasteiger partial charge < -0.3 is 10.0 Å². The predicted molar refractivity (Wildman–Crippen MR) is 69.5 cm³/mol. The number of hydrogen-bond donors (Lipinski definition) is 1. The largest absolute Gasteiger partial charge is 0.395 e. The number of β-amino-alcohol motifs (C(OH)–C–C–N with tert-alkyl or cyclic N) is 1. The molecule has 0 saturated carbocycles. The van der Waals surface area contributed by atoms with Crippen molar-refractivity contribution in [1.29, 1.82) is 0 Å². The Morgan fingerprint density at radius 2 is 2.06 bits per heavy atom. The predicted octanol–water partition coefficient (Wildman–Crippen LogP) is 0.935. The van der Waals surface area contributed by atoms with Crippen LogP contribution in [0.15, 0.2) is 18.3 Å². The van der Waals surface area contributed by atoms with Crippen LogP contribution in [0.3, 0.4) is 0 Å². The molecule has 0 spiro atoms. The van der Waals surface area contributed by atoms with E-state index >= 15 is 0 Å². The fraction of sp³-hybridized carbons (Fsp3) is 0.583. The zero-order chi connectivity index (χ0) is 12.1. The maximum atomic E-state index is 8.90. The molecular formula is C12H18ClN3O. The third-order valence-electron chi connectivity index (χ3n) is 3.10. The molecule has 1 aromatic heterocycles. The molecule has 4 nitrogen and oxygen atoms in total. The number of hydrogen-bond acceptors (Lipinski definition) is 4. The molecule has 1 aliphatic rings. The highest BCUT2D eigenvalue weighted by molar-refractivity contribution is 6.17. The van der Waals surface area contributed by atoms with Gasteiger partial charge in [0, 0.05) is 44.5 Å². The van der Waals surface area contributed by atoms with Crippen molar-refractivity contribution in [2.75, 3.05) is 44.2 Å². The van der Waals surface area contributed by atoms with E-state index in [0.29, 0.717) is 5.88 Å². The SMILES string of the molecule is OCCN1CCN(c2ncccc2CCl)CC1. The van der Waals surface area contributed by atoms with Gasteiger partial charge in [-0.3, -0.25) is 4.90 Å². The van der Waals surface area contributed by atoms with Crippen LogP contribution in [0.4, 0.5) is 5.82 Å². The average molecular weight is 256 g/mol. The quantitative estimate of drug-likeness (QED) is 0.813. The second-order valence-electron chi connectivity index (χ2n) is 4.17. The molecule has 0 aliphatic carbocycles. The first-order valence-corrected chi connectivity index (χ1v) is 6.46. The van der Waals surface area contributed by atoms with Crippen LogP contribution >= 0.6 is 11.6 Å². The summed E-state index contributed by atoms with van der Waals surface area (Å²) in [4.78, 5) is 8.95. The van der Waals surface area contributed by atoms with Gasteiger partial charge in [-0.2, -0.15) is 0 Å². The number of nitrogens with zero attached hydrogens (tertiary/aromatic N) is 3. The topological polar surface area (TPSA) is 39.6 Å². The van der Waals surface area contributed by atoms with Crippen molar-refractivity contribution in [1.82, 2.24) is 9.88 Å². The third kappa shape index (κ3) is 3.09. The van der Waals surface area contributed by atoms with Crippen LogP contribution in [0.5, 0.6) is 0 Å². The Morgan fingerprint density at radius 1 is 1.29 bits per heavy atom. The molecule has 0 aromatic carbocycles. The minimum absolute atomic E-state index is 0.233. The number of piperazine rings is 1. The minimum Gasteiger partial charge on any atom is -0.395 e. The Kier molecular flexibility index (Phi) is 4.59. The number of anilines is 1. The molecule has 0 atom stereocenters. The first-order chi connectivity index (χ1) is 8.35. The lowest BCUT2D eigenvalue weighted by atomic mass is 10.2. The number of aliphatic hydroxyl groups is 1. The lowest BCUT2D eigenvalue weighted by Gasteiger charge is -2.35. The second-order valence-corrected chi connectivity index (χ2v) is 4.44. The standard InChI is InChI=1S/C12H18ClN3O/c13-10-11-2-1-3-14-12(11)16-6-4-15(5-7-16)8-9-17/h1-3,17H,4-10H2. The Labute approximate surface area is 107 Å². The minimum atomic E-state index is 0.233. The van der Waals surface area contributed by atoms with Gasteiger partial charge in [-0.25, -0.2) is 4.98 Å². The Morgan fingerprint density at radius 3 is 2.71 bits per heavy atom. The van der Waals surface area contributed by atoms with Crippen molar-refractivity contribution in [3.63, 3.8) is 0 Å². The molecule has 1 N–H and O–H groups in total. The molecule has 0 unspecified atom stereocenters. The van der Waals surface area contributed by atoms with Crippen molar-refractivity contribution in [3.8, 4) is 0 Å². The summed E-state index contributed by atoms with van der Waals surface area (Å²) >= 11 is 5.92. The summed E-state index contributed by atoms with van der Waals surface area (Å²) < 4.78 is 0. The normalized spacial score (nSPS) is 17.4. The molecule has 1 fully saturated rings. The average Bonchev–Trinajstić information content (AvgIpc) is 2.40. The second kappa shape index (κ2) is 6.19. The van der Waals surface area contributed by atoms with E-state index < -0.39 is 0 Å². The van der Waals surface area contributed by atoms with Crippen molar-refractivity contribution >= 4 is 17.4 Å². The van der Waals surface area contributed by atoms with Gasteiger partial charge in [-0.1, -0.05) is 6.07 Å². The van der Waals surface area contributed by atoms with Crippen molar-refractivity contribution in [2.24, 2.45) is 0 Å². The maximum absolute atomic E-state index is 8.90. The van der Waals surface area contributed by atoms with Gasteiger partial charge >= 0.3 is 0 Å². The highest BCUT2D eigenvalue weighted by Gasteiger charge is 2.19. The van der Waals surface area contributed by atoms with Crippen LogP contribution < -0.4 is 4.90 Å². The molecule has 5 heteroatoms. The molecule has 1 aliphatic heterocycles. The highest BCUT2D eigenvalue weighted by Crippen LogP contribution is 2.20. The smallest absolute Gasteiger partial charge is 0.133 e. The number of halogens is 1. The number of aromatic nitrogens is 1. The van der Waals surface area contributed by atoms with Gasteiger partial charge in [0.2, 0.25) is 0 Å². The Balaban J connectivity index is 2.00. The molecule has 1 aromatic rings. The summed E-state index contributed by atoms with van der Waals surface area (Å²) in [6.07, 6.45) is 1.81. The van der Waals surface area contributed by atoms with E-state index in [1.165, 1.54) is 0 Å². The molecule has 94 valence electrons. The van der Waals surface area contributed by atoms with E-state index in [-0.39, 0.29) is 6.61 Å². The van der Waals surface area contributed by atoms with Crippen LogP contribution in [-0.2, 0) is 5.88 Å². The monoisotopic (exact) mass is 255 g/mol. The molecule has 0 amide bonds. The summed E-state index contributed by atoms with van der Waals surface area (Å²) in [6.45, 7) is 4.83. The fourth-order valence-electron chi connectivity index (χ4n) is 2.14. The van der Waals surface area contributed by atoms with Crippen LogP contribution in [0.1, 0.15) is 5.56 Å². The summed E-state index contributed by atoms with van der Waals surface area (Å²) in [5, 5.41) is 8.90. The van der Waals surface area contributed by atoms with E-state index in [1.807, 2.05) is 18.3 Å². The van der Waals surface area contributed by atoms with Gasteiger partial charge in [0.05, 0.1) is 12.5 Å². The molecule has 1 saturated heterocycles. The lowest BCUT2D eigenvalue weighted by molar-refractivity contribution is 0.188. The van der Waals surface area contributed by atoms with E-state index in [1.54, 1.807) is 0 Å². The number of pyridine rings is 1. The third-order valence-corrected chi connectivity index (χ3v) is 3.39. The molecule has 0 radical (unpaired) electrons. The first kappa shape index (κ1) is 12.6. The van der Waals surface area contributed by atoms with Gasteiger partial charge in [0.15, 0.2) is 0 Å². The van der Waals surface area contributed by atoms with E-state index in [9.17, 15) is 0 Å². The molecule has 2 rings (SSSR count). The fourth-order valence-corrected chi connectivity index (χ4v) is 2.35. The summed E-state index contributed by atoms with van der Waals surface area (Å²) in [5.74, 6) is 1.51. The summed E-state index contributed by atoms with van der Waals surface area (Å²) in [5.41, 5.74) is 1.09. The van der Waals surface area contributed by atoms with Crippen molar-refractivity contribution < 1.29 is 5.11 Å². The van der Waals surface area contributed by atoms with Crippen molar-refractivity contribution in [3.05, 3.63) is 23.9 Å². The summed E-state index contributed by atoms with van der Waals surface area (Å²) in [6, 6.07) is 3.94. The number of aliphatic hydroxyl groups excluding tert-OH is 1.